The quantitative estimate of drug-likeness (QED) is 0.893. The Morgan fingerprint density at radius 1 is 1.33 bits per heavy atom. The zero-order chi connectivity index (χ0) is 13.3. The zero-order valence-electron chi connectivity index (χ0n) is 8.72. The Labute approximate surface area is 98.5 Å². The van der Waals surface area contributed by atoms with Gasteiger partial charge < -0.3 is 5.11 Å². The second-order valence-electron chi connectivity index (χ2n) is 3.37. The minimum atomic E-state index is -4.71. The van der Waals surface area contributed by atoms with E-state index in [-0.39, 0.29) is 5.69 Å². The molecule has 0 aliphatic rings. The Balaban J connectivity index is 2.58. The normalized spacial score (nSPS) is 11.5. The summed E-state index contributed by atoms with van der Waals surface area (Å²) in [4.78, 5) is 14.5. The second kappa shape index (κ2) is 4.13. The Bertz CT molecular complexity index is 579. The van der Waals surface area contributed by atoms with Crippen LogP contribution in [0.25, 0.3) is 5.69 Å². The maximum Gasteiger partial charge on any atom is 0.417 e. The monoisotopic (exact) mass is 257 g/mol. The van der Waals surface area contributed by atoms with E-state index in [4.69, 9.17) is 5.11 Å². The van der Waals surface area contributed by atoms with Crippen LogP contribution < -0.4 is 0 Å². The zero-order valence-corrected chi connectivity index (χ0v) is 8.72. The van der Waals surface area contributed by atoms with Crippen molar-refractivity contribution in [2.45, 2.75) is 6.18 Å². The summed E-state index contributed by atoms with van der Waals surface area (Å²) in [5.41, 5.74) is -1.83. The van der Waals surface area contributed by atoms with Gasteiger partial charge in [0.1, 0.15) is 12.7 Å². The summed E-state index contributed by atoms with van der Waals surface area (Å²) in [7, 11) is 0. The summed E-state index contributed by atoms with van der Waals surface area (Å²) in [6, 6.07) is 2.74. The molecule has 0 fully saturated rings. The predicted molar refractivity (Wildman–Crippen MR) is 53.3 cm³/mol. The number of aromatic carboxylic acids is 1. The van der Waals surface area contributed by atoms with Crippen LogP contribution >= 0.6 is 0 Å². The molecule has 0 radical (unpaired) electrons. The molecule has 0 aliphatic carbocycles. The maximum atomic E-state index is 12.6. The van der Waals surface area contributed by atoms with E-state index in [0.29, 0.717) is 6.07 Å². The van der Waals surface area contributed by atoms with Gasteiger partial charge >= 0.3 is 12.1 Å². The second-order valence-corrected chi connectivity index (χ2v) is 3.37. The van der Waals surface area contributed by atoms with Crippen LogP contribution in [-0.4, -0.2) is 25.8 Å². The van der Waals surface area contributed by atoms with Crippen molar-refractivity contribution in [1.82, 2.24) is 14.8 Å². The minimum absolute atomic E-state index is 0.193. The molecule has 1 aromatic heterocycles. The maximum absolute atomic E-state index is 12.6. The van der Waals surface area contributed by atoms with E-state index in [2.05, 4.69) is 10.1 Å². The number of halogens is 3. The smallest absolute Gasteiger partial charge is 0.417 e. The van der Waals surface area contributed by atoms with Crippen molar-refractivity contribution in [3.63, 3.8) is 0 Å². The Hall–Kier alpha value is -2.38. The third-order valence-corrected chi connectivity index (χ3v) is 2.22. The summed E-state index contributed by atoms with van der Waals surface area (Å²) in [5.74, 6) is -1.65. The van der Waals surface area contributed by atoms with Gasteiger partial charge in [-0.15, -0.1) is 0 Å². The van der Waals surface area contributed by atoms with Gasteiger partial charge in [0.2, 0.25) is 0 Å². The highest BCUT2D eigenvalue weighted by molar-refractivity contribution is 5.90. The van der Waals surface area contributed by atoms with E-state index < -0.39 is 23.3 Å². The van der Waals surface area contributed by atoms with E-state index in [1.807, 2.05) is 0 Å². The summed E-state index contributed by atoms with van der Waals surface area (Å²) >= 11 is 0. The average Bonchev–Trinajstić information content (AvgIpc) is 2.80. The minimum Gasteiger partial charge on any atom is -0.478 e. The van der Waals surface area contributed by atoms with Crippen molar-refractivity contribution in [3.8, 4) is 5.69 Å². The van der Waals surface area contributed by atoms with Crippen LogP contribution in [0.1, 0.15) is 15.9 Å². The highest BCUT2D eigenvalue weighted by atomic mass is 19.4. The van der Waals surface area contributed by atoms with Gasteiger partial charge in [-0.2, -0.15) is 18.3 Å². The van der Waals surface area contributed by atoms with Gasteiger partial charge in [0.15, 0.2) is 0 Å². The first-order chi connectivity index (χ1) is 8.39. The van der Waals surface area contributed by atoms with Gasteiger partial charge in [0.05, 0.1) is 16.8 Å². The van der Waals surface area contributed by atoms with Crippen molar-refractivity contribution in [3.05, 3.63) is 42.0 Å². The summed E-state index contributed by atoms with van der Waals surface area (Å²) in [6.07, 6.45) is -2.26. The fourth-order valence-corrected chi connectivity index (χ4v) is 1.44. The molecule has 18 heavy (non-hydrogen) atoms. The average molecular weight is 257 g/mol. The van der Waals surface area contributed by atoms with Gasteiger partial charge in [-0.1, -0.05) is 0 Å². The van der Waals surface area contributed by atoms with Crippen molar-refractivity contribution in [2.75, 3.05) is 0 Å². The van der Waals surface area contributed by atoms with Crippen molar-refractivity contribution in [1.29, 1.82) is 0 Å². The van der Waals surface area contributed by atoms with Crippen LogP contribution in [0, 0.1) is 0 Å². The molecule has 0 saturated carbocycles. The number of nitrogens with zero attached hydrogens (tertiary/aromatic N) is 3. The summed E-state index contributed by atoms with van der Waals surface area (Å²) in [6.45, 7) is 0. The van der Waals surface area contributed by atoms with Gasteiger partial charge in [0.25, 0.3) is 0 Å². The lowest BCUT2D eigenvalue weighted by atomic mass is 10.1. The first-order valence-electron chi connectivity index (χ1n) is 4.69. The molecule has 0 unspecified atom stereocenters. The van der Waals surface area contributed by atoms with Gasteiger partial charge in [0, 0.05) is 0 Å². The SMILES string of the molecule is O=C(O)c1cc(-n2cncn2)ccc1C(F)(F)F. The lowest BCUT2D eigenvalue weighted by molar-refractivity contribution is -0.138. The lowest BCUT2D eigenvalue weighted by Crippen LogP contribution is -2.13. The molecule has 0 atom stereocenters. The highest BCUT2D eigenvalue weighted by Gasteiger charge is 2.35. The Morgan fingerprint density at radius 2 is 2.06 bits per heavy atom. The molecule has 1 aromatic carbocycles. The van der Waals surface area contributed by atoms with Crippen LogP contribution in [0.3, 0.4) is 0 Å². The Morgan fingerprint density at radius 3 is 2.56 bits per heavy atom. The van der Waals surface area contributed by atoms with Crippen molar-refractivity contribution < 1.29 is 23.1 Å². The molecule has 0 saturated heterocycles. The van der Waals surface area contributed by atoms with E-state index in [9.17, 15) is 18.0 Å². The first kappa shape index (κ1) is 12.1. The fourth-order valence-electron chi connectivity index (χ4n) is 1.44. The topological polar surface area (TPSA) is 68.0 Å². The molecule has 0 spiro atoms. The molecular formula is C10H6F3N3O2. The standard InChI is InChI=1S/C10H6F3N3O2/c11-10(12,13)8-2-1-6(3-7(8)9(17)18)16-5-14-4-15-16/h1-5H,(H,17,18). The van der Waals surface area contributed by atoms with E-state index in [1.165, 1.54) is 17.3 Å². The van der Waals surface area contributed by atoms with E-state index in [1.54, 1.807) is 0 Å². The number of carboxylic acids is 1. The number of rotatable bonds is 2. The Kier molecular flexibility index (Phi) is 2.77. The summed E-state index contributed by atoms with van der Waals surface area (Å²) in [5, 5.41) is 12.5. The molecular weight excluding hydrogens is 251 g/mol. The molecule has 1 N–H and O–H groups in total. The first-order valence-corrected chi connectivity index (χ1v) is 4.69. The largest absolute Gasteiger partial charge is 0.478 e. The number of carboxylic acid groups (broad SMARTS) is 1. The van der Waals surface area contributed by atoms with Crippen LogP contribution in [-0.2, 0) is 6.18 Å². The van der Waals surface area contributed by atoms with Crippen LogP contribution in [0.2, 0.25) is 0 Å². The molecule has 0 aliphatic heterocycles. The molecule has 94 valence electrons. The summed E-state index contributed by atoms with van der Waals surface area (Å²) < 4.78 is 38.9. The number of alkyl halides is 3. The number of benzene rings is 1. The molecule has 2 aromatic rings. The third-order valence-electron chi connectivity index (χ3n) is 2.22. The highest BCUT2D eigenvalue weighted by Crippen LogP contribution is 2.32. The van der Waals surface area contributed by atoms with E-state index >= 15 is 0 Å². The fraction of sp³-hybridized carbons (Fsp3) is 0.100. The van der Waals surface area contributed by atoms with E-state index in [0.717, 1.165) is 12.1 Å². The van der Waals surface area contributed by atoms with Gasteiger partial charge in [-0.05, 0) is 18.2 Å². The van der Waals surface area contributed by atoms with Crippen LogP contribution in [0.5, 0.6) is 0 Å². The molecule has 0 amide bonds. The van der Waals surface area contributed by atoms with Crippen LogP contribution in [0.4, 0.5) is 13.2 Å². The molecule has 8 heteroatoms. The predicted octanol–water partition coefficient (Wildman–Crippen LogP) is 1.98. The number of carbonyl (C=O) groups is 1. The van der Waals surface area contributed by atoms with Crippen LogP contribution in [0.15, 0.2) is 30.9 Å². The van der Waals surface area contributed by atoms with Gasteiger partial charge in [-0.3, -0.25) is 0 Å². The molecule has 5 nitrogen and oxygen atoms in total. The molecule has 2 rings (SSSR count). The van der Waals surface area contributed by atoms with Gasteiger partial charge in [-0.25, -0.2) is 14.5 Å². The molecule has 1 heterocycles. The number of hydrogen-bond acceptors (Lipinski definition) is 3. The number of hydrogen-bond donors (Lipinski definition) is 1. The lowest BCUT2D eigenvalue weighted by Gasteiger charge is -2.11. The molecule has 0 bridgehead atoms. The van der Waals surface area contributed by atoms with Crippen molar-refractivity contribution in [2.24, 2.45) is 0 Å². The van der Waals surface area contributed by atoms with Crippen molar-refractivity contribution >= 4 is 5.97 Å². The third kappa shape index (κ3) is 2.17. The number of aromatic nitrogens is 3.